The smallest absolute Gasteiger partial charge is 0.244 e. The average Bonchev–Trinajstić information content (AvgIpc) is 3.21. The molecule has 2 heterocycles. The fourth-order valence-corrected chi connectivity index (χ4v) is 2.86. The molecule has 3 aromatic rings. The molecule has 0 fully saturated rings. The number of furan rings is 1. The van der Waals surface area contributed by atoms with Crippen molar-refractivity contribution in [1.82, 2.24) is 10.3 Å². The molecule has 0 unspecified atom stereocenters. The number of hydrogen-bond acceptors (Lipinski definition) is 4. The lowest BCUT2D eigenvalue weighted by Gasteiger charge is -2.00. The van der Waals surface area contributed by atoms with E-state index in [1.807, 2.05) is 61.7 Å². The van der Waals surface area contributed by atoms with E-state index in [4.69, 9.17) is 4.42 Å². The molecule has 122 valence electrons. The van der Waals surface area contributed by atoms with E-state index >= 15 is 0 Å². The van der Waals surface area contributed by atoms with E-state index in [9.17, 15) is 4.79 Å². The number of rotatable bonds is 5. The lowest BCUT2D eigenvalue weighted by Crippen LogP contribution is -2.19. The first-order valence-electron chi connectivity index (χ1n) is 7.64. The summed E-state index contributed by atoms with van der Waals surface area (Å²) in [6, 6.07) is 11.7. The van der Waals surface area contributed by atoms with Crippen LogP contribution in [0.1, 0.15) is 21.9 Å². The van der Waals surface area contributed by atoms with Crippen LogP contribution in [0, 0.1) is 13.8 Å². The van der Waals surface area contributed by atoms with Gasteiger partial charge in [-0.3, -0.25) is 4.79 Å². The number of nitrogens with one attached hydrogen (secondary N) is 1. The molecular weight excluding hydrogens is 320 g/mol. The number of aromatic nitrogens is 1. The lowest BCUT2D eigenvalue weighted by molar-refractivity contribution is -0.116. The summed E-state index contributed by atoms with van der Waals surface area (Å²) in [5, 5.41) is 5.78. The molecule has 1 aromatic carbocycles. The number of carbonyl (C=O) groups excluding carboxylic acids is 1. The van der Waals surface area contributed by atoms with E-state index in [1.165, 1.54) is 6.08 Å². The Balaban J connectivity index is 1.57. The molecule has 1 N–H and O–H groups in total. The summed E-state index contributed by atoms with van der Waals surface area (Å²) < 4.78 is 5.72. The van der Waals surface area contributed by atoms with Crippen LogP contribution in [0.4, 0.5) is 0 Å². The zero-order chi connectivity index (χ0) is 16.9. The Hall–Kier alpha value is -2.66. The van der Waals surface area contributed by atoms with Crippen molar-refractivity contribution >= 4 is 23.3 Å². The van der Waals surface area contributed by atoms with Gasteiger partial charge in [0.25, 0.3) is 0 Å². The summed E-state index contributed by atoms with van der Waals surface area (Å²) in [7, 11) is 0. The fourth-order valence-electron chi connectivity index (χ4n) is 2.26. The van der Waals surface area contributed by atoms with E-state index in [2.05, 4.69) is 10.3 Å². The molecule has 0 saturated carbocycles. The topological polar surface area (TPSA) is 55.1 Å². The number of thiazole rings is 1. The van der Waals surface area contributed by atoms with Crippen molar-refractivity contribution in [2.45, 2.75) is 20.4 Å². The molecule has 4 nitrogen and oxygen atoms in total. The SMILES string of the molecule is Cc1nc(-c2ccc(CNC(=O)/C=C/c3ccccc3C)o2)cs1. The van der Waals surface area contributed by atoms with Gasteiger partial charge >= 0.3 is 0 Å². The minimum atomic E-state index is -0.152. The molecule has 24 heavy (non-hydrogen) atoms. The van der Waals surface area contributed by atoms with Crippen LogP contribution < -0.4 is 5.32 Å². The largest absolute Gasteiger partial charge is 0.458 e. The molecule has 5 heteroatoms. The third kappa shape index (κ3) is 4.00. The summed E-state index contributed by atoms with van der Waals surface area (Å²) >= 11 is 1.58. The molecular formula is C19H18N2O2S. The van der Waals surface area contributed by atoms with Crippen LogP contribution in [-0.4, -0.2) is 10.9 Å². The predicted octanol–water partition coefficient (Wildman–Crippen LogP) is 4.35. The number of benzene rings is 1. The van der Waals surface area contributed by atoms with Gasteiger partial charge in [0.05, 0.1) is 11.6 Å². The highest BCUT2D eigenvalue weighted by Crippen LogP contribution is 2.23. The highest BCUT2D eigenvalue weighted by Gasteiger charge is 2.08. The number of aryl methyl sites for hydroxylation is 2. The summed E-state index contributed by atoms with van der Waals surface area (Å²) in [5.74, 6) is 1.27. The van der Waals surface area contributed by atoms with Crippen LogP contribution in [0.2, 0.25) is 0 Å². The number of carbonyl (C=O) groups is 1. The zero-order valence-electron chi connectivity index (χ0n) is 13.6. The van der Waals surface area contributed by atoms with Crippen molar-refractivity contribution in [3.63, 3.8) is 0 Å². The molecule has 0 spiro atoms. The second-order valence-corrected chi connectivity index (χ2v) is 6.49. The second-order valence-electron chi connectivity index (χ2n) is 5.43. The first kappa shape index (κ1) is 16.2. The summed E-state index contributed by atoms with van der Waals surface area (Å²) in [5.41, 5.74) is 3.00. The molecule has 3 rings (SSSR count). The Morgan fingerprint density at radius 3 is 2.83 bits per heavy atom. The van der Waals surface area contributed by atoms with Gasteiger partial charge in [-0.25, -0.2) is 4.98 Å². The van der Waals surface area contributed by atoms with Crippen molar-refractivity contribution < 1.29 is 9.21 Å². The molecule has 0 aliphatic rings. The molecule has 0 saturated heterocycles. The summed E-state index contributed by atoms with van der Waals surface area (Å²) in [6.45, 7) is 4.32. The van der Waals surface area contributed by atoms with Crippen LogP contribution in [0.15, 0.2) is 52.3 Å². The van der Waals surface area contributed by atoms with E-state index in [0.717, 1.165) is 27.6 Å². The maximum atomic E-state index is 11.9. The Labute approximate surface area is 144 Å². The quantitative estimate of drug-likeness (QED) is 0.704. The van der Waals surface area contributed by atoms with Crippen LogP contribution in [0.5, 0.6) is 0 Å². The summed E-state index contributed by atoms with van der Waals surface area (Å²) in [6.07, 6.45) is 3.35. The standard InChI is InChI=1S/C19H18N2O2S/c1-13-5-3-4-6-15(13)7-10-19(22)20-11-16-8-9-18(23-16)17-12-24-14(2)21-17/h3-10,12H,11H2,1-2H3,(H,20,22)/b10-7+. The molecule has 0 bridgehead atoms. The molecule has 0 aliphatic heterocycles. The lowest BCUT2D eigenvalue weighted by atomic mass is 10.1. The third-order valence-corrected chi connectivity index (χ3v) is 4.35. The molecule has 2 aromatic heterocycles. The number of amides is 1. The van der Waals surface area contributed by atoms with Crippen molar-refractivity contribution in [2.75, 3.05) is 0 Å². The van der Waals surface area contributed by atoms with Gasteiger partial charge in [-0.2, -0.15) is 0 Å². The Kier molecular flexibility index (Phi) is 4.91. The van der Waals surface area contributed by atoms with Crippen LogP contribution in [-0.2, 0) is 11.3 Å². The predicted molar refractivity (Wildman–Crippen MR) is 96.6 cm³/mol. The number of nitrogens with zero attached hydrogens (tertiary/aromatic N) is 1. The Morgan fingerprint density at radius 2 is 2.08 bits per heavy atom. The van der Waals surface area contributed by atoms with Gasteiger partial charge in [0.2, 0.25) is 5.91 Å². The Morgan fingerprint density at radius 1 is 1.25 bits per heavy atom. The van der Waals surface area contributed by atoms with Crippen LogP contribution in [0.3, 0.4) is 0 Å². The van der Waals surface area contributed by atoms with Gasteiger partial charge in [-0.15, -0.1) is 11.3 Å². The van der Waals surface area contributed by atoms with Gasteiger partial charge in [0.1, 0.15) is 11.5 Å². The van der Waals surface area contributed by atoms with Crippen molar-refractivity contribution in [1.29, 1.82) is 0 Å². The average molecular weight is 338 g/mol. The Bertz CT molecular complexity index is 877. The van der Waals surface area contributed by atoms with Crippen molar-refractivity contribution in [3.05, 3.63) is 69.7 Å². The fraction of sp³-hybridized carbons (Fsp3) is 0.158. The minimum absolute atomic E-state index is 0.152. The van der Waals surface area contributed by atoms with E-state index < -0.39 is 0 Å². The van der Waals surface area contributed by atoms with Crippen LogP contribution in [0.25, 0.3) is 17.5 Å². The maximum absolute atomic E-state index is 11.9. The van der Waals surface area contributed by atoms with Gasteiger partial charge in [0.15, 0.2) is 5.76 Å². The second kappa shape index (κ2) is 7.27. The van der Waals surface area contributed by atoms with E-state index in [0.29, 0.717) is 12.3 Å². The van der Waals surface area contributed by atoms with Crippen molar-refractivity contribution in [2.24, 2.45) is 0 Å². The van der Waals surface area contributed by atoms with Gasteiger partial charge in [-0.1, -0.05) is 24.3 Å². The van der Waals surface area contributed by atoms with Crippen LogP contribution >= 0.6 is 11.3 Å². The normalized spacial score (nSPS) is 11.1. The molecule has 1 amide bonds. The third-order valence-electron chi connectivity index (χ3n) is 3.57. The molecule has 0 radical (unpaired) electrons. The highest BCUT2D eigenvalue weighted by molar-refractivity contribution is 7.09. The monoisotopic (exact) mass is 338 g/mol. The first-order chi connectivity index (χ1) is 11.6. The number of hydrogen-bond donors (Lipinski definition) is 1. The zero-order valence-corrected chi connectivity index (χ0v) is 14.4. The van der Waals surface area contributed by atoms with Crippen molar-refractivity contribution in [3.8, 4) is 11.5 Å². The van der Waals surface area contributed by atoms with Gasteiger partial charge in [0, 0.05) is 11.5 Å². The molecule has 0 atom stereocenters. The molecule has 0 aliphatic carbocycles. The summed E-state index contributed by atoms with van der Waals surface area (Å²) in [4.78, 5) is 16.3. The van der Waals surface area contributed by atoms with E-state index in [1.54, 1.807) is 11.3 Å². The first-order valence-corrected chi connectivity index (χ1v) is 8.52. The maximum Gasteiger partial charge on any atom is 0.244 e. The highest BCUT2D eigenvalue weighted by atomic mass is 32.1. The minimum Gasteiger partial charge on any atom is -0.458 e. The van der Waals surface area contributed by atoms with E-state index in [-0.39, 0.29) is 5.91 Å². The van der Waals surface area contributed by atoms with Gasteiger partial charge < -0.3 is 9.73 Å². The van der Waals surface area contributed by atoms with Gasteiger partial charge in [-0.05, 0) is 43.2 Å².